The number of halogens is 1. The summed E-state index contributed by atoms with van der Waals surface area (Å²) in [5.74, 6) is 0. The van der Waals surface area contributed by atoms with Gasteiger partial charge in [0.2, 0.25) is 0 Å². The highest BCUT2D eigenvalue weighted by molar-refractivity contribution is 5.85. The Balaban J connectivity index is -0.0000000720. The summed E-state index contributed by atoms with van der Waals surface area (Å²) in [5, 5.41) is 7.75. The number of hydrogen-bond donors (Lipinski definition) is 2. The Morgan fingerprint density at radius 3 is 1.44 bits per heavy atom. The van der Waals surface area contributed by atoms with Crippen molar-refractivity contribution in [1.29, 1.82) is 0 Å². The molecule has 0 fully saturated rings. The van der Waals surface area contributed by atoms with Gasteiger partial charge >= 0.3 is 0 Å². The van der Waals surface area contributed by atoms with Crippen molar-refractivity contribution in [3.8, 4) is 0 Å². The molecule has 0 saturated carbocycles. The van der Waals surface area contributed by atoms with Crippen LogP contribution in [0, 0.1) is 0 Å². The molecular weight excluding hydrogens is 140 g/mol. The minimum absolute atomic E-state index is 0. The van der Waals surface area contributed by atoms with Crippen LogP contribution in [0.5, 0.6) is 0 Å². The van der Waals surface area contributed by atoms with Gasteiger partial charge in [-0.2, -0.15) is 0 Å². The monoisotopic (exact) mass is 156 g/mol. The first-order valence-electron chi connectivity index (χ1n) is 2.57. The Bertz CT molecular complexity index is 31.4. The van der Waals surface area contributed by atoms with Gasteiger partial charge in [-0.1, -0.05) is 0 Å². The summed E-state index contributed by atoms with van der Waals surface area (Å²) >= 11 is 0. The molecule has 3 nitrogen and oxygen atoms in total. The van der Waals surface area contributed by atoms with E-state index in [1.54, 1.807) is 0 Å². The zero-order chi connectivity index (χ0) is 6.99. The molecule has 60 valence electrons. The number of hydrogen-bond acceptors (Lipinski definition) is 3. The van der Waals surface area contributed by atoms with Crippen LogP contribution in [0.1, 0.15) is 0 Å². The minimum atomic E-state index is 0. The maximum Gasteiger partial charge on any atom is 0.0553 e. The normalized spacial score (nSPS) is 7.33. The van der Waals surface area contributed by atoms with Gasteiger partial charge < -0.3 is 15.7 Å². The maximum atomic E-state index is 7.75. The summed E-state index contributed by atoms with van der Waals surface area (Å²) in [6.07, 6.45) is 0. The highest BCUT2D eigenvalue weighted by Gasteiger charge is 1.58. The highest BCUT2D eigenvalue weighted by Crippen LogP contribution is 1.47. The zero-order valence-electron chi connectivity index (χ0n) is 6.29. The van der Waals surface area contributed by atoms with E-state index in [0.29, 0.717) is 6.54 Å². The average Bonchev–Trinajstić information content (AvgIpc) is 1.65. The smallest absolute Gasteiger partial charge is 0.0553 e. The standard InChI is InChI=1S/C3H9N.C2H7NO.ClH/c1-4(2)3;3-1-2-4;/h1-3H3;4H,1-3H2;1H. The molecule has 0 unspecified atom stereocenters. The lowest BCUT2D eigenvalue weighted by Crippen LogP contribution is -2.02. The third-order valence-electron chi connectivity index (χ3n) is 0.129. The van der Waals surface area contributed by atoms with Gasteiger partial charge in [0.15, 0.2) is 0 Å². The third kappa shape index (κ3) is 227. The third-order valence-corrected chi connectivity index (χ3v) is 0.129. The predicted molar refractivity (Wildman–Crippen MR) is 43.0 cm³/mol. The van der Waals surface area contributed by atoms with E-state index in [2.05, 4.69) is 0 Å². The molecule has 0 heterocycles. The number of nitrogens with zero attached hydrogens (tertiary/aromatic N) is 1. The van der Waals surface area contributed by atoms with Gasteiger partial charge in [0.1, 0.15) is 0 Å². The van der Waals surface area contributed by atoms with Crippen LogP contribution in [-0.2, 0) is 0 Å². The van der Waals surface area contributed by atoms with Gasteiger partial charge in [0.05, 0.1) is 6.61 Å². The SMILES string of the molecule is CN(C)C.Cl.NCCO. The van der Waals surface area contributed by atoms with Crippen molar-refractivity contribution < 1.29 is 5.11 Å². The molecule has 0 bridgehead atoms. The fourth-order valence-electron chi connectivity index (χ4n) is 0. The molecule has 0 spiro atoms. The average molecular weight is 157 g/mol. The highest BCUT2D eigenvalue weighted by atomic mass is 35.5. The molecule has 0 aromatic heterocycles. The maximum absolute atomic E-state index is 7.75. The number of aliphatic hydroxyl groups excluding tert-OH is 1. The lowest BCUT2D eigenvalue weighted by atomic mass is 10.8. The lowest BCUT2D eigenvalue weighted by Gasteiger charge is -1.90. The Morgan fingerprint density at radius 2 is 1.44 bits per heavy atom. The fraction of sp³-hybridized carbons (Fsp3) is 1.00. The molecular formula is C5H17ClN2O. The molecule has 3 N–H and O–H groups in total. The van der Waals surface area contributed by atoms with Gasteiger partial charge in [-0.3, -0.25) is 0 Å². The summed E-state index contributed by atoms with van der Waals surface area (Å²) < 4.78 is 0. The second-order valence-corrected chi connectivity index (χ2v) is 1.85. The molecule has 0 aliphatic heterocycles. The first-order valence-corrected chi connectivity index (χ1v) is 2.57. The van der Waals surface area contributed by atoms with Crippen LogP contribution in [0.25, 0.3) is 0 Å². The van der Waals surface area contributed by atoms with Crippen molar-refractivity contribution in [3.63, 3.8) is 0 Å². The van der Waals surface area contributed by atoms with E-state index in [0.717, 1.165) is 0 Å². The van der Waals surface area contributed by atoms with Crippen LogP contribution in [0.2, 0.25) is 0 Å². The van der Waals surface area contributed by atoms with Crippen molar-refractivity contribution in [3.05, 3.63) is 0 Å². The summed E-state index contributed by atoms with van der Waals surface area (Å²) in [6.45, 7) is 0.472. The molecule has 0 rings (SSSR count). The van der Waals surface area contributed by atoms with Crippen molar-refractivity contribution in [1.82, 2.24) is 4.90 Å². The van der Waals surface area contributed by atoms with Gasteiger partial charge in [0.25, 0.3) is 0 Å². The van der Waals surface area contributed by atoms with E-state index >= 15 is 0 Å². The molecule has 9 heavy (non-hydrogen) atoms. The quantitative estimate of drug-likeness (QED) is 0.540. The molecule has 0 radical (unpaired) electrons. The predicted octanol–water partition coefficient (Wildman–Crippen LogP) is -0.463. The molecule has 0 aromatic rings. The summed E-state index contributed by atoms with van der Waals surface area (Å²) in [7, 11) is 6.00. The molecule has 0 aromatic carbocycles. The molecule has 0 amide bonds. The molecule has 0 atom stereocenters. The number of nitrogens with two attached hydrogens (primary N) is 1. The van der Waals surface area contributed by atoms with E-state index in [1.807, 2.05) is 26.0 Å². The van der Waals surface area contributed by atoms with Crippen LogP contribution in [-0.4, -0.2) is 44.3 Å². The first kappa shape index (κ1) is 16.1. The van der Waals surface area contributed by atoms with Gasteiger partial charge in [-0.05, 0) is 21.1 Å². The Hall–Kier alpha value is 0.170. The van der Waals surface area contributed by atoms with Crippen molar-refractivity contribution in [2.24, 2.45) is 5.73 Å². The summed E-state index contributed by atoms with van der Waals surface area (Å²) in [4.78, 5) is 2.00. The molecule has 0 saturated heterocycles. The fourth-order valence-corrected chi connectivity index (χ4v) is 0. The van der Waals surface area contributed by atoms with Crippen molar-refractivity contribution in [2.45, 2.75) is 0 Å². The minimum Gasteiger partial charge on any atom is -0.395 e. The van der Waals surface area contributed by atoms with Crippen LogP contribution < -0.4 is 5.73 Å². The van der Waals surface area contributed by atoms with Crippen LogP contribution >= 0.6 is 12.4 Å². The summed E-state index contributed by atoms with van der Waals surface area (Å²) in [6, 6.07) is 0. The van der Waals surface area contributed by atoms with E-state index in [4.69, 9.17) is 10.8 Å². The van der Waals surface area contributed by atoms with Gasteiger partial charge in [-0.25, -0.2) is 0 Å². The van der Waals surface area contributed by atoms with Crippen LogP contribution in [0.3, 0.4) is 0 Å². The molecule has 0 aliphatic rings. The Morgan fingerprint density at radius 1 is 1.33 bits per heavy atom. The van der Waals surface area contributed by atoms with E-state index in [9.17, 15) is 0 Å². The lowest BCUT2D eigenvalue weighted by molar-refractivity contribution is 0.306. The number of aliphatic hydroxyl groups is 1. The van der Waals surface area contributed by atoms with E-state index < -0.39 is 0 Å². The van der Waals surface area contributed by atoms with E-state index in [1.165, 1.54) is 0 Å². The number of rotatable bonds is 1. The Labute approximate surface area is 63.3 Å². The zero-order valence-corrected chi connectivity index (χ0v) is 7.11. The topological polar surface area (TPSA) is 49.5 Å². The molecule has 4 heteroatoms. The van der Waals surface area contributed by atoms with Crippen LogP contribution in [0.15, 0.2) is 0 Å². The Kier molecular flexibility index (Phi) is 28.1. The second kappa shape index (κ2) is 15.7. The molecule has 0 aliphatic carbocycles. The van der Waals surface area contributed by atoms with Gasteiger partial charge in [-0.15, -0.1) is 12.4 Å². The van der Waals surface area contributed by atoms with Crippen molar-refractivity contribution >= 4 is 12.4 Å². The largest absolute Gasteiger partial charge is 0.395 e. The first-order chi connectivity index (χ1) is 3.65. The second-order valence-electron chi connectivity index (χ2n) is 1.85. The van der Waals surface area contributed by atoms with E-state index in [-0.39, 0.29) is 19.0 Å². The summed E-state index contributed by atoms with van der Waals surface area (Å²) in [5.41, 5.74) is 4.78. The van der Waals surface area contributed by atoms with Gasteiger partial charge in [0, 0.05) is 6.54 Å². The van der Waals surface area contributed by atoms with Crippen molar-refractivity contribution in [2.75, 3.05) is 34.3 Å². The van der Waals surface area contributed by atoms with Crippen LogP contribution in [0.4, 0.5) is 0 Å².